The van der Waals surface area contributed by atoms with Crippen LogP contribution < -0.4 is 10.2 Å². The van der Waals surface area contributed by atoms with Crippen molar-refractivity contribution in [2.75, 3.05) is 23.3 Å². The maximum Gasteiger partial charge on any atom is 0.224 e. The van der Waals surface area contributed by atoms with Gasteiger partial charge in [-0.05, 0) is 49.8 Å². The molecule has 0 atom stereocenters. The van der Waals surface area contributed by atoms with Gasteiger partial charge in [0.1, 0.15) is 0 Å². The van der Waals surface area contributed by atoms with Gasteiger partial charge < -0.3 is 10.2 Å². The largest absolute Gasteiger partial charge is 0.370 e. The molecule has 0 spiro atoms. The zero-order chi connectivity index (χ0) is 16.8. The lowest BCUT2D eigenvalue weighted by Crippen LogP contribution is -2.26. The second kappa shape index (κ2) is 8.75. The van der Waals surface area contributed by atoms with Crippen LogP contribution in [0.2, 0.25) is 5.02 Å². The highest BCUT2D eigenvalue weighted by atomic mass is 35.5. The molecule has 1 N–H and O–H groups in total. The summed E-state index contributed by atoms with van der Waals surface area (Å²) in [5.74, 6) is 0.694. The van der Waals surface area contributed by atoms with Gasteiger partial charge in [-0.25, -0.2) is 0 Å². The molecule has 0 radical (unpaired) electrons. The third-order valence-corrected chi connectivity index (χ3v) is 5.61. The second-order valence-corrected chi connectivity index (χ2v) is 7.76. The van der Waals surface area contributed by atoms with Crippen LogP contribution >= 0.6 is 11.6 Å². The smallest absolute Gasteiger partial charge is 0.224 e. The van der Waals surface area contributed by atoms with Gasteiger partial charge in [-0.2, -0.15) is 0 Å². The Labute approximate surface area is 150 Å². The zero-order valence-electron chi connectivity index (χ0n) is 14.5. The first kappa shape index (κ1) is 17.6. The molecule has 1 aliphatic carbocycles. The molecule has 1 amide bonds. The molecule has 132 valence electrons. The minimum absolute atomic E-state index is 0.139. The molecule has 0 bridgehead atoms. The fraction of sp³-hybridized carbons (Fsp3) is 0.650. The number of amides is 1. The van der Waals surface area contributed by atoms with E-state index in [9.17, 15) is 4.79 Å². The molecule has 0 aromatic heterocycles. The van der Waals surface area contributed by atoms with Crippen molar-refractivity contribution < 1.29 is 4.79 Å². The number of nitrogens with one attached hydrogen (secondary N) is 1. The summed E-state index contributed by atoms with van der Waals surface area (Å²) in [6.45, 7) is 2.13. The first-order valence-corrected chi connectivity index (χ1v) is 9.94. The van der Waals surface area contributed by atoms with Gasteiger partial charge in [-0.15, -0.1) is 0 Å². The Morgan fingerprint density at radius 2 is 1.71 bits per heavy atom. The van der Waals surface area contributed by atoms with Gasteiger partial charge in [0, 0.05) is 24.5 Å². The molecular weight excluding hydrogens is 320 g/mol. The third kappa shape index (κ3) is 4.89. The van der Waals surface area contributed by atoms with E-state index in [-0.39, 0.29) is 5.91 Å². The number of benzene rings is 1. The van der Waals surface area contributed by atoms with E-state index in [1.54, 1.807) is 0 Å². The second-order valence-electron chi connectivity index (χ2n) is 7.32. The molecule has 1 heterocycles. The highest BCUT2D eigenvalue weighted by molar-refractivity contribution is 6.31. The summed E-state index contributed by atoms with van der Waals surface area (Å²) < 4.78 is 0. The Hall–Kier alpha value is -1.22. The van der Waals surface area contributed by atoms with Gasteiger partial charge in [0.05, 0.1) is 11.4 Å². The van der Waals surface area contributed by atoms with E-state index in [0.29, 0.717) is 17.4 Å². The first-order valence-electron chi connectivity index (χ1n) is 9.57. The molecule has 1 aromatic carbocycles. The lowest BCUT2D eigenvalue weighted by atomic mass is 9.87. The van der Waals surface area contributed by atoms with Crippen molar-refractivity contribution in [3.63, 3.8) is 0 Å². The number of nitrogens with zero attached hydrogens (tertiary/aromatic N) is 1. The number of anilines is 2. The molecular formula is C20H29ClN2O. The van der Waals surface area contributed by atoms with Gasteiger partial charge >= 0.3 is 0 Å². The molecule has 1 saturated heterocycles. The van der Waals surface area contributed by atoms with Crippen LogP contribution in [-0.4, -0.2) is 19.0 Å². The van der Waals surface area contributed by atoms with E-state index >= 15 is 0 Å². The van der Waals surface area contributed by atoms with Crippen molar-refractivity contribution in [2.24, 2.45) is 5.92 Å². The minimum Gasteiger partial charge on any atom is -0.370 e. The molecule has 1 aliphatic heterocycles. The van der Waals surface area contributed by atoms with Crippen molar-refractivity contribution in [1.82, 2.24) is 0 Å². The van der Waals surface area contributed by atoms with Crippen LogP contribution in [0.5, 0.6) is 0 Å². The van der Waals surface area contributed by atoms with E-state index in [0.717, 1.165) is 24.5 Å². The molecule has 4 heteroatoms. The first-order chi connectivity index (χ1) is 11.7. The summed E-state index contributed by atoms with van der Waals surface area (Å²) in [6.07, 6.45) is 11.9. The molecule has 1 aromatic rings. The molecule has 2 aliphatic rings. The normalized spacial score (nSPS) is 19.8. The number of carbonyl (C=O) groups is 1. The fourth-order valence-electron chi connectivity index (χ4n) is 4.05. The number of carbonyl (C=O) groups excluding carboxylic acids is 1. The van der Waals surface area contributed by atoms with Crippen molar-refractivity contribution in [3.05, 3.63) is 23.2 Å². The van der Waals surface area contributed by atoms with Crippen molar-refractivity contribution in [3.8, 4) is 0 Å². The van der Waals surface area contributed by atoms with Crippen molar-refractivity contribution >= 4 is 28.9 Å². The van der Waals surface area contributed by atoms with Crippen LogP contribution in [-0.2, 0) is 4.79 Å². The Morgan fingerprint density at radius 1 is 1.04 bits per heavy atom. The van der Waals surface area contributed by atoms with Crippen molar-refractivity contribution in [1.29, 1.82) is 0 Å². The molecule has 2 fully saturated rings. The third-order valence-electron chi connectivity index (χ3n) is 5.38. The maximum atomic E-state index is 12.5. The van der Waals surface area contributed by atoms with Gasteiger partial charge in [-0.3, -0.25) is 4.79 Å². The van der Waals surface area contributed by atoms with E-state index in [1.807, 2.05) is 12.1 Å². The van der Waals surface area contributed by atoms with E-state index < -0.39 is 0 Å². The molecule has 3 nitrogen and oxygen atoms in total. The van der Waals surface area contributed by atoms with Crippen LogP contribution in [0.25, 0.3) is 0 Å². The highest BCUT2D eigenvalue weighted by Crippen LogP contribution is 2.32. The Morgan fingerprint density at radius 3 is 2.42 bits per heavy atom. The standard InChI is InChI=1S/C20H29ClN2O/c21-17-10-11-19(23-12-6-1-2-7-13-23)18(15-17)22-20(24)14-16-8-4-3-5-9-16/h10-11,15-16H,1-9,12-14H2,(H,22,24). The molecule has 24 heavy (non-hydrogen) atoms. The maximum absolute atomic E-state index is 12.5. The average Bonchev–Trinajstić information content (AvgIpc) is 2.85. The van der Waals surface area contributed by atoms with Crippen LogP contribution in [0.1, 0.15) is 64.2 Å². The molecule has 1 saturated carbocycles. The Kier molecular flexibility index (Phi) is 6.42. The summed E-state index contributed by atoms with van der Waals surface area (Å²) >= 11 is 6.19. The minimum atomic E-state index is 0.139. The highest BCUT2D eigenvalue weighted by Gasteiger charge is 2.19. The SMILES string of the molecule is O=C(CC1CCCCC1)Nc1cc(Cl)ccc1N1CCCCCC1. The quantitative estimate of drug-likeness (QED) is 0.764. The fourth-order valence-corrected chi connectivity index (χ4v) is 4.22. The Balaban J connectivity index is 1.68. The Bertz CT molecular complexity index is 547. The van der Waals surface area contributed by atoms with Gasteiger partial charge in [0.2, 0.25) is 5.91 Å². The van der Waals surface area contributed by atoms with Crippen LogP contribution in [0, 0.1) is 5.92 Å². The average molecular weight is 349 g/mol. The summed E-state index contributed by atoms with van der Waals surface area (Å²) in [6, 6.07) is 5.89. The summed E-state index contributed by atoms with van der Waals surface area (Å²) in [4.78, 5) is 14.9. The predicted octanol–water partition coefficient (Wildman–Crippen LogP) is 5.63. The van der Waals surface area contributed by atoms with Crippen LogP contribution in [0.3, 0.4) is 0 Å². The van der Waals surface area contributed by atoms with Gasteiger partial charge in [0.15, 0.2) is 0 Å². The number of hydrogen-bond acceptors (Lipinski definition) is 2. The molecule has 0 unspecified atom stereocenters. The number of hydrogen-bond donors (Lipinski definition) is 1. The topological polar surface area (TPSA) is 32.3 Å². The van der Waals surface area contributed by atoms with E-state index in [1.165, 1.54) is 57.8 Å². The predicted molar refractivity (Wildman–Crippen MR) is 102 cm³/mol. The van der Waals surface area contributed by atoms with Crippen molar-refractivity contribution in [2.45, 2.75) is 64.2 Å². The van der Waals surface area contributed by atoms with E-state index in [4.69, 9.17) is 11.6 Å². The zero-order valence-corrected chi connectivity index (χ0v) is 15.3. The van der Waals surface area contributed by atoms with E-state index in [2.05, 4.69) is 16.3 Å². The number of halogens is 1. The summed E-state index contributed by atoms with van der Waals surface area (Å²) in [7, 11) is 0. The number of rotatable bonds is 4. The van der Waals surface area contributed by atoms with Gasteiger partial charge in [-0.1, -0.05) is 43.7 Å². The summed E-state index contributed by atoms with van der Waals surface area (Å²) in [5.41, 5.74) is 2.00. The van der Waals surface area contributed by atoms with Crippen LogP contribution in [0.4, 0.5) is 11.4 Å². The molecule has 3 rings (SSSR count). The lowest BCUT2D eigenvalue weighted by Gasteiger charge is -2.26. The lowest BCUT2D eigenvalue weighted by molar-refractivity contribution is -0.117. The van der Waals surface area contributed by atoms with Gasteiger partial charge in [0.25, 0.3) is 0 Å². The monoisotopic (exact) mass is 348 g/mol. The van der Waals surface area contributed by atoms with Crippen LogP contribution in [0.15, 0.2) is 18.2 Å². The summed E-state index contributed by atoms with van der Waals surface area (Å²) in [5, 5.41) is 3.83.